The zero-order chi connectivity index (χ0) is 20.5. The van der Waals surface area contributed by atoms with E-state index in [1.165, 1.54) is 0 Å². The van der Waals surface area contributed by atoms with E-state index in [0.29, 0.717) is 23.7 Å². The highest BCUT2D eigenvalue weighted by molar-refractivity contribution is 5.92. The van der Waals surface area contributed by atoms with E-state index in [0.717, 1.165) is 43.9 Å². The van der Waals surface area contributed by atoms with E-state index in [4.69, 9.17) is 4.74 Å². The van der Waals surface area contributed by atoms with Crippen molar-refractivity contribution in [1.29, 1.82) is 0 Å². The summed E-state index contributed by atoms with van der Waals surface area (Å²) in [7, 11) is 1.88. The molecule has 2 aliphatic heterocycles. The van der Waals surface area contributed by atoms with Crippen LogP contribution in [0.1, 0.15) is 42.9 Å². The van der Waals surface area contributed by atoms with Crippen molar-refractivity contribution >= 4 is 5.91 Å². The number of carbonyl (C=O) groups is 1. The van der Waals surface area contributed by atoms with Crippen LogP contribution in [0.2, 0.25) is 0 Å². The highest BCUT2D eigenvalue weighted by Crippen LogP contribution is 2.36. The SMILES string of the molecule is Cc1cc(C(=O)N2CCC([C@H]3[C@@H](Oc4ccccc4)CN3C(C)C)CC2)nn1C. The van der Waals surface area contributed by atoms with Gasteiger partial charge in [-0.1, -0.05) is 18.2 Å². The minimum atomic E-state index is 0.0542. The molecule has 2 aromatic rings. The Hall–Kier alpha value is -2.34. The maximum absolute atomic E-state index is 12.8. The Balaban J connectivity index is 1.39. The maximum Gasteiger partial charge on any atom is 0.274 e. The number of carbonyl (C=O) groups excluding carboxylic acids is 1. The number of para-hydroxylation sites is 1. The Morgan fingerprint density at radius 2 is 1.86 bits per heavy atom. The quantitative estimate of drug-likeness (QED) is 0.779. The topological polar surface area (TPSA) is 50.6 Å². The van der Waals surface area contributed by atoms with Gasteiger partial charge < -0.3 is 9.64 Å². The van der Waals surface area contributed by atoms with Gasteiger partial charge in [0.2, 0.25) is 0 Å². The molecule has 0 radical (unpaired) electrons. The molecule has 0 unspecified atom stereocenters. The molecule has 0 spiro atoms. The highest BCUT2D eigenvalue weighted by atomic mass is 16.5. The molecule has 2 atom stereocenters. The van der Waals surface area contributed by atoms with Crippen LogP contribution in [0, 0.1) is 12.8 Å². The van der Waals surface area contributed by atoms with Crippen molar-refractivity contribution in [3.8, 4) is 5.75 Å². The van der Waals surface area contributed by atoms with E-state index in [1.807, 2.05) is 55.3 Å². The van der Waals surface area contributed by atoms with E-state index in [-0.39, 0.29) is 12.0 Å². The predicted molar refractivity (Wildman–Crippen MR) is 113 cm³/mol. The van der Waals surface area contributed by atoms with Gasteiger partial charge in [0.1, 0.15) is 11.9 Å². The Morgan fingerprint density at radius 3 is 2.45 bits per heavy atom. The normalized spacial score (nSPS) is 23.3. The predicted octanol–water partition coefficient (Wildman–Crippen LogP) is 3.12. The van der Waals surface area contributed by atoms with E-state index >= 15 is 0 Å². The number of rotatable bonds is 5. The summed E-state index contributed by atoms with van der Waals surface area (Å²) in [4.78, 5) is 17.3. The fourth-order valence-electron chi connectivity index (χ4n) is 4.69. The second-order valence-electron chi connectivity index (χ2n) is 8.67. The number of nitrogens with zero attached hydrogens (tertiary/aromatic N) is 4. The molecule has 2 saturated heterocycles. The van der Waals surface area contributed by atoms with Crippen LogP contribution in [0.4, 0.5) is 0 Å². The third-order valence-corrected chi connectivity index (χ3v) is 6.49. The Bertz CT molecular complexity index is 820. The van der Waals surface area contributed by atoms with Gasteiger partial charge in [-0.15, -0.1) is 0 Å². The number of likely N-dealkylation sites (tertiary alicyclic amines) is 2. The molecule has 0 aliphatic carbocycles. The number of amides is 1. The molecule has 1 aromatic carbocycles. The summed E-state index contributed by atoms with van der Waals surface area (Å²) >= 11 is 0. The molecule has 0 saturated carbocycles. The lowest BCUT2D eigenvalue weighted by molar-refractivity contribution is -0.0983. The second kappa shape index (κ2) is 8.19. The number of aryl methyl sites for hydroxylation is 2. The Labute approximate surface area is 173 Å². The zero-order valence-electron chi connectivity index (χ0n) is 17.9. The van der Waals surface area contributed by atoms with Crippen molar-refractivity contribution in [2.24, 2.45) is 13.0 Å². The summed E-state index contributed by atoms with van der Waals surface area (Å²) in [5, 5.41) is 4.36. The highest BCUT2D eigenvalue weighted by Gasteiger charge is 2.47. The molecule has 1 amide bonds. The molecule has 6 nitrogen and oxygen atoms in total. The van der Waals surface area contributed by atoms with Crippen LogP contribution in [0.25, 0.3) is 0 Å². The van der Waals surface area contributed by atoms with Crippen molar-refractivity contribution in [2.45, 2.75) is 51.8 Å². The summed E-state index contributed by atoms with van der Waals surface area (Å²) in [5.41, 5.74) is 1.56. The third-order valence-electron chi connectivity index (χ3n) is 6.49. The molecule has 2 fully saturated rings. The fourth-order valence-corrected chi connectivity index (χ4v) is 4.69. The van der Waals surface area contributed by atoms with Crippen molar-refractivity contribution < 1.29 is 9.53 Å². The van der Waals surface area contributed by atoms with Gasteiger partial charge in [-0.05, 0) is 57.7 Å². The summed E-state index contributed by atoms with van der Waals surface area (Å²) in [6, 6.07) is 12.9. The van der Waals surface area contributed by atoms with Gasteiger partial charge in [-0.3, -0.25) is 14.4 Å². The molecular weight excluding hydrogens is 364 g/mol. The minimum Gasteiger partial charge on any atom is -0.487 e. The van der Waals surface area contributed by atoms with E-state index < -0.39 is 0 Å². The first-order chi connectivity index (χ1) is 13.9. The molecular formula is C23H32N4O2. The summed E-state index contributed by atoms with van der Waals surface area (Å²) in [5.74, 6) is 1.55. The molecule has 3 heterocycles. The summed E-state index contributed by atoms with van der Waals surface area (Å²) in [6.07, 6.45) is 2.26. The standard InChI is InChI=1S/C23H32N4O2/c1-16(2)27-15-21(29-19-8-6-5-7-9-19)22(27)18-10-12-26(13-11-18)23(28)20-14-17(3)25(4)24-20/h5-9,14,16,18,21-22H,10-13,15H2,1-4H3/t21-,22-/m0/s1. The smallest absolute Gasteiger partial charge is 0.274 e. The average Bonchev–Trinajstić information content (AvgIpc) is 3.04. The molecule has 1 aromatic heterocycles. The van der Waals surface area contributed by atoms with Crippen molar-refractivity contribution in [3.05, 3.63) is 47.8 Å². The summed E-state index contributed by atoms with van der Waals surface area (Å²) < 4.78 is 8.09. The molecule has 0 N–H and O–H groups in total. The van der Waals surface area contributed by atoms with Gasteiger partial charge in [-0.25, -0.2) is 0 Å². The largest absolute Gasteiger partial charge is 0.487 e. The van der Waals surface area contributed by atoms with Gasteiger partial charge in [0.25, 0.3) is 5.91 Å². The molecule has 6 heteroatoms. The van der Waals surface area contributed by atoms with E-state index in [1.54, 1.807) is 4.68 Å². The molecule has 4 rings (SSSR count). The van der Waals surface area contributed by atoms with Crippen molar-refractivity contribution in [1.82, 2.24) is 19.6 Å². The van der Waals surface area contributed by atoms with Crippen LogP contribution in [-0.4, -0.2) is 63.3 Å². The third kappa shape index (κ3) is 4.04. The first-order valence-electron chi connectivity index (χ1n) is 10.7. The van der Waals surface area contributed by atoms with Crippen molar-refractivity contribution in [2.75, 3.05) is 19.6 Å². The van der Waals surface area contributed by atoms with Gasteiger partial charge in [0, 0.05) is 38.4 Å². The fraction of sp³-hybridized carbons (Fsp3) is 0.565. The molecule has 2 aliphatic rings. The zero-order valence-corrected chi connectivity index (χ0v) is 17.9. The van der Waals surface area contributed by atoms with Crippen LogP contribution < -0.4 is 4.74 Å². The van der Waals surface area contributed by atoms with Gasteiger partial charge in [0.15, 0.2) is 5.69 Å². The lowest BCUT2D eigenvalue weighted by Crippen LogP contribution is -2.68. The number of aromatic nitrogens is 2. The van der Waals surface area contributed by atoms with Crippen LogP contribution >= 0.6 is 0 Å². The minimum absolute atomic E-state index is 0.0542. The first kappa shape index (κ1) is 20.0. The molecule has 156 valence electrons. The Kier molecular flexibility index (Phi) is 5.63. The van der Waals surface area contributed by atoms with E-state index in [2.05, 4.69) is 23.8 Å². The first-order valence-corrected chi connectivity index (χ1v) is 10.7. The van der Waals surface area contributed by atoms with Crippen LogP contribution in [0.5, 0.6) is 5.75 Å². The molecule has 29 heavy (non-hydrogen) atoms. The number of hydrogen-bond donors (Lipinski definition) is 0. The number of benzene rings is 1. The maximum atomic E-state index is 12.8. The van der Waals surface area contributed by atoms with E-state index in [9.17, 15) is 4.79 Å². The summed E-state index contributed by atoms with van der Waals surface area (Å²) in [6.45, 7) is 9.05. The van der Waals surface area contributed by atoms with Crippen LogP contribution in [-0.2, 0) is 7.05 Å². The number of ether oxygens (including phenoxy) is 1. The number of hydrogen-bond acceptors (Lipinski definition) is 4. The van der Waals surface area contributed by atoms with Crippen LogP contribution in [0.3, 0.4) is 0 Å². The van der Waals surface area contributed by atoms with Crippen molar-refractivity contribution in [3.63, 3.8) is 0 Å². The lowest BCUT2D eigenvalue weighted by Gasteiger charge is -2.54. The van der Waals surface area contributed by atoms with Crippen LogP contribution in [0.15, 0.2) is 36.4 Å². The average molecular weight is 397 g/mol. The second-order valence-corrected chi connectivity index (χ2v) is 8.67. The van der Waals surface area contributed by atoms with Gasteiger partial charge in [-0.2, -0.15) is 5.10 Å². The van der Waals surface area contributed by atoms with Gasteiger partial charge in [0.05, 0.1) is 6.04 Å². The Morgan fingerprint density at radius 1 is 1.17 bits per heavy atom. The monoisotopic (exact) mass is 396 g/mol. The molecule has 0 bridgehead atoms. The number of piperidine rings is 1. The lowest BCUT2D eigenvalue weighted by atomic mass is 9.79. The van der Waals surface area contributed by atoms with Gasteiger partial charge >= 0.3 is 0 Å².